The third kappa shape index (κ3) is 7.84. The first-order valence-electron chi connectivity index (χ1n) is 7.83. The van der Waals surface area contributed by atoms with Crippen LogP contribution in [0.15, 0.2) is 0 Å². The molecule has 0 aliphatic rings. The third-order valence-electron chi connectivity index (χ3n) is 3.88. The lowest BCUT2D eigenvalue weighted by molar-refractivity contribution is -0.139. The standard InChI is InChI=1S/C15H29O4P/c1-3-4-5-6-7-8-9-10-11-12-13-15(2,14(16)17)20(18)19/h3-13H2,1-2H3,(H,16,17). The van der Waals surface area contributed by atoms with Crippen molar-refractivity contribution in [1.82, 2.24) is 0 Å². The Balaban J connectivity index is 3.59. The van der Waals surface area contributed by atoms with Gasteiger partial charge in [0, 0.05) is 0 Å². The Morgan fingerprint density at radius 1 is 0.900 bits per heavy atom. The van der Waals surface area contributed by atoms with Gasteiger partial charge in [0.05, 0.1) is 0 Å². The number of hydrogen-bond donors (Lipinski definition) is 1. The Labute approximate surface area is 123 Å². The van der Waals surface area contributed by atoms with Gasteiger partial charge in [0.15, 0.2) is 5.16 Å². The van der Waals surface area contributed by atoms with Crippen LogP contribution in [0.1, 0.15) is 84.5 Å². The topological polar surface area (TPSA) is 71.4 Å². The number of unbranched alkanes of at least 4 members (excludes halogenated alkanes) is 9. The fourth-order valence-corrected chi connectivity index (χ4v) is 2.73. The first kappa shape index (κ1) is 19.4. The molecule has 0 aliphatic carbocycles. The van der Waals surface area contributed by atoms with Gasteiger partial charge >= 0.3 is 13.6 Å². The predicted molar refractivity (Wildman–Crippen MR) is 80.8 cm³/mol. The van der Waals surface area contributed by atoms with E-state index in [0.29, 0.717) is 6.42 Å². The maximum atomic E-state index is 11.0. The highest BCUT2D eigenvalue weighted by atomic mass is 31.1. The monoisotopic (exact) mass is 304 g/mol. The van der Waals surface area contributed by atoms with Crippen LogP contribution in [0.4, 0.5) is 0 Å². The van der Waals surface area contributed by atoms with E-state index in [2.05, 4.69) is 6.92 Å². The molecule has 0 rings (SSSR count). The van der Waals surface area contributed by atoms with E-state index >= 15 is 0 Å². The Morgan fingerprint density at radius 2 is 1.30 bits per heavy atom. The summed E-state index contributed by atoms with van der Waals surface area (Å²) in [6.07, 6.45) is 11.8. The third-order valence-corrected chi connectivity index (χ3v) is 5.10. The maximum absolute atomic E-state index is 11.0. The highest BCUT2D eigenvalue weighted by Crippen LogP contribution is 2.34. The predicted octanol–water partition coefficient (Wildman–Crippen LogP) is 5.31. The van der Waals surface area contributed by atoms with Gasteiger partial charge < -0.3 is 5.11 Å². The van der Waals surface area contributed by atoms with E-state index in [1.165, 1.54) is 51.9 Å². The van der Waals surface area contributed by atoms with Gasteiger partial charge in [-0.2, -0.15) is 0 Å². The van der Waals surface area contributed by atoms with Crippen LogP contribution in [-0.4, -0.2) is 16.2 Å². The molecule has 1 unspecified atom stereocenters. The van der Waals surface area contributed by atoms with Gasteiger partial charge in [-0.1, -0.05) is 71.1 Å². The highest BCUT2D eigenvalue weighted by Gasteiger charge is 2.39. The second kappa shape index (κ2) is 11.1. The van der Waals surface area contributed by atoms with Crippen molar-refractivity contribution in [3.8, 4) is 0 Å². The van der Waals surface area contributed by atoms with Crippen molar-refractivity contribution in [1.29, 1.82) is 0 Å². The molecule has 0 heterocycles. The summed E-state index contributed by atoms with van der Waals surface area (Å²) in [5.41, 5.74) is 0. The minimum absolute atomic E-state index is 0.220. The van der Waals surface area contributed by atoms with Crippen molar-refractivity contribution >= 4 is 13.6 Å². The molecule has 0 aromatic carbocycles. The number of hydrogen-bond acceptors (Lipinski definition) is 3. The summed E-state index contributed by atoms with van der Waals surface area (Å²) in [6, 6.07) is 0. The highest BCUT2D eigenvalue weighted by molar-refractivity contribution is 7.34. The van der Waals surface area contributed by atoms with Crippen LogP contribution < -0.4 is 0 Å². The molecule has 0 aliphatic heterocycles. The van der Waals surface area contributed by atoms with Gasteiger partial charge in [-0.3, -0.25) is 4.79 Å². The van der Waals surface area contributed by atoms with Crippen LogP contribution in [0.3, 0.4) is 0 Å². The normalized spacial score (nSPS) is 13.9. The van der Waals surface area contributed by atoms with Crippen LogP contribution in [0.5, 0.6) is 0 Å². The number of carbonyl (C=O) groups is 1. The molecular formula is C15H29O4P. The fourth-order valence-electron chi connectivity index (χ4n) is 2.23. The second-order valence-corrected chi connectivity index (χ2v) is 7.27. The first-order valence-corrected chi connectivity index (χ1v) is 9.00. The Morgan fingerprint density at radius 3 is 1.65 bits per heavy atom. The molecule has 0 bridgehead atoms. The molecule has 0 amide bonds. The van der Waals surface area contributed by atoms with E-state index in [1.54, 1.807) is 0 Å². The quantitative estimate of drug-likeness (QED) is 0.369. The lowest BCUT2D eigenvalue weighted by Crippen LogP contribution is -2.29. The van der Waals surface area contributed by atoms with Crippen LogP contribution in [-0.2, 0) is 13.9 Å². The van der Waals surface area contributed by atoms with Crippen LogP contribution >= 0.6 is 7.68 Å². The molecule has 4 nitrogen and oxygen atoms in total. The second-order valence-electron chi connectivity index (χ2n) is 5.77. The summed E-state index contributed by atoms with van der Waals surface area (Å²) in [7, 11) is -2.92. The fraction of sp³-hybridized carbons (Fsp3) is 0.933. The zero-order valence-corrected chi connectivity index (χ0v) is 13.8. The van der Waals surface area contributed by atoms with Crippen molar-refractivity contribution in [3.05, 3.63) is 0 Å². The average molecular weight is 304 g/mol. The van der Waals surface area contributed by atoms with E-state index in [1.807, 2.05) is 0 Å². The van der Waals surface area contributed by atoms with Gasteiger partial charge in [-0.25, -0.2) is 9.13 Å². The summed E-state index contributed by atoms with van der Waals surface area (Å²) >= 11 is 0. The lowest BCUT2D eigenvalue weighted by atomic mass is 10.0. The number of carboxylic acid groups (broad SMARTS) is 1. The summed E-state index contributed by atoms with van der Waals surface area (Å²) in [4.78, 5) is 11.0. The molecule has 1 N–H and O–H groups in total. The van der Waals surface area contributed by atoms with Crippen LogP contribution in [0, 0.1) is 0 Å². The Kier molecular flexibility index (Phi) is 10.7. The molecule has 0 fully saturated rings. The zero-order valence-electron chi connectivity index (χ0n) is 12.9. The molecule has 0 aromatic rings. The lowest BCUT2D eigenvalue weighted by Gasteiger charge is -2.15. The first-order chi connectivity index (χ1) is 9.45. The van der Waals surface area contributed by atoms with Gasteiger partial charge in [-0.15, -0.1) is 0 Å². The number of rotatable bonds is 13. The number of aliphatic carboxylic acids is 1. The zero-order chi connectivity index (χ0) is 15.4. The number of carboxylic acids is 1. The van der Waals surface area contributed by atoms with Gasteiger partial charge in [0.2, 0.25) is 0 Å². The van der Waals surface area contributed by atoms with E-state index in [4.69, 9.17) is 5.11 Å². The van der Waals surface area contributed by atoms with Crippen molar-refractivity contribution in [3.63, 3.8) is 0 Å². The van der Waals surface area contributed by atoms with Crippen molar-refractivity contribution in [2.75, 3.05) is 0 Å². The molecule has 0 saturated heterocycles. The minimum Gasteiger partial charge on any atom is -0.480 e. The summed E-state index contributed by atoms with van der Waals surface area (Å²) in [5.74, 6) is -1.23. The summed E-state index contributed by atoms with van der Waals surface area (Å²) in [6.45, 7) is 3.51. The van der Waals surface area contributed by atoms with E-state index < -0.39 is 18.8 Å². The molecule has 0 aromatic heterocycles. The van der Waals surface area contributed by atoms with Gasteiger partial charge in [0.1, 0.15) is 0 Å². The van der Waals surface area contributed by atoms with Gasteiger partial charge in [-0.05, 0) is 13.3 Å². The average Bonchev–Trinajstić information content (AvgIpc) is 2.40. The van der Waals surface area contributed by atoms with Crippen LogP contribution in [0.2, 0.25) is 0 Å². The molecule has 5 heteroatoms. The summed E-state index contributed by atoms with van der Waals surface area (Å²) in [5, 5.41) is 7.37. The molecule has 0 radical (unpaired) electrons. The molecule has 0 spiro atoms. The Hall–Kier alpha value is -0.630. The minimum atomic E-state index is -2.92. The molecular weight excluding hydrogens is 275 g/mol. The smallest absolute Gasteiger partial charge is 0.333 e. The molecule has 1 atom stereocenters. The Bertz CT molecular complexity index is 331. The van der Waals surface area contributed by atoms with Crippen LogP contribution in [0.25, 0.3) is 0 Å². The molecule has 20 heavy (non-hydrogen) atoms. The summed E-state index contributed by atoms with van der Waals surface area (Å²) < 4.78 is 22.0. The van der Waals surface area contributed by atoms with Crippen molar-refractivity contribution in [2.24, 2.45) is 0 Å². The largest absolute Gasteiger partial charge is 0.480 e. The maximum Gasteiger partial charge on any atom is 0.333 e. The van der Waals surface area contributed by atoms with E-state index in [-0.39, 0.29) is 6.42 Å². The van der Waals surface area contributed by atoms with Crippen molar-refractivity contribution in [2.45, 2.75) is 89.6 Å². The van der Waals surface area contributed by atoms with E-state index in [0.717, 1.165) is 12.8 Å². The van der Waals surface area contributed by atoms with Gasteiger partial charge in [0.25, 0.3) is 0 Å². The SMILES string of the molecule is CCCCCCCCCCCCC(C)(C(=O)O)P(=O)=O. The molecule has 118 valence electrons. The van der Waals surface area contributed by atoms with E-state index in [9.17, 15) is 13.9 Å². The van der Waals surface area contributed by atoms with Crippen molar-refractivity contribution < 1.29 is 19.0 Å². The molecule has 0 saturated carbocycles.